The van der Waals surface area contributed by atoms with Gasteiger partial charge < -0.3 is 4.57 Å². The number of carbonyl (C=O) groups excluding carboxylic acids is 1. The van der Waals surface area contributed by atoms with E-state index in [1.807, 2.05) is 31.2 Å². The van der Waals surface area contributed by atoms with Gasteiger partial charge in [0.2, 0.25) is 5.91 Å². The predicted octanol–water partition coefficient (Wildman–Crippen LogP) is 2.63. The van der Waals surface area contributed by atoms with E-state index < -0.39 is 11.2 Å². The Morgan fingerprint density at radius 1 is 1.14 bits per heavy atom. The molecule has 35 heavy (non-hydrogen) atoms. The number of pyridine rings is 1. The van der Waals surface area contributed by atoms with Crippen LogP contribution in [0.25, 0.3) is 21.4 Å². The van der Waals surface area contributed by atoms with E-state index in [2.05, 4.69) is 9.97 Å². The molecule has 0 bridgehead atoms. The van der Waals surface area contributed by atoms with Crippen LogP contribution >= 0.6 is 22.9 Å². The molecule has 0 atom stereocenters. The average Bonchev–Trinajstić information content (AvgIpc) is 3.45. The van der Waals surface area contributed by atoms with Crippen molar-refractivity contribution in [1.29, 1.82) is 0 Å². The number of thiazole rings is 1. The van der Waals surface area contributed by atoms with Crippen molar-refractivity contribution in [3.05, 3.63) is 80.0 Å². The molecule has 0 saturated heterocycles. The number of amides is 1. The second-order valence-corrected chi connectivity index (χ2v) is 9.56. The van der Waals surface area contributed by atoms with Gasteiger partial charge in [-0.05, 0) is 36.8 Å². The lowest BCUT2D eigenvalue weighted by Gasteiger charge is -2.20. The van der Waals surface area contributed by atoms with Crippen molar-refractivity contribution in [2.24, 2.45) is 14.1 Å². The number of fused-ring (bicyclic) bond motifs is 2. The number of nitrogens with zero attached hydrogens (tertiary/aromatic N) is 7. The largest absolute Gasteiger partial charge is 0.332 e. The molecule has 0 aliphatic carbocycles. The maximum Gasteiger partial charge on any atom is 0.332 e. The number of aryl methyl sites for hydroxylation is 2. The van der Waals surface area contributed by atoms with Crippen molar-refractivity contribution >= 4 is 55.4 Å². The normalized spacial score (nSPS) is 11.4. The van der Waals surface area contributed by atoms with Crippen LogP contribution in [0.5, 0.6) is 0 Å². The van der Waals surface area contributed by atoms with E-state index in [1.54, 1.807) is 17.2 Å². The topological polar surface area (TPSA) is 108 Å². The first-order valence-electron chi connectivity index (χ1n) is 10.6. The van der Waals surface area contributed by atoms with Crippen LogP contribution in [0.2, 0.25) is 5.02 Å². The van der Waals surface area contributed by atoms with Crippen LogP contribution in [0.3, 0.4) is 0 Å². The highest BCUT2D eigenvalue weighted by atomic mass is 35.5. The summed E-state index contributed by atoms with van der Waals surface area (Å²) in [4.78, 5) is 53.5. The zero-order valence-corrected chi connectivity index (χ0v) is 20.7. The van der Waals surface area contributed by atoms with Gasteiger partial charge in [0.1, 0.15) is 6.54 Å². The van der Waals surface area contributed by atoms with E-state index in [0.29, 0.717) is 15.8 Å². The number of hydrogen-bond acceptors (Lipinski definition) is 7. The van der Waals surface area contributed by atoms with E-state index in [9.17, 15) is 14.4 Å². The van der Waals surface area contributed by atoms with Crippen LogP contribution < -0.4 is 16.1 Å². The minimum absolute atomic E-state index is 0.174. The number of rotatable bonds is 5. The van der Waals surface area contributed by atoms with Gasteiger partial charge in [-0.15, -0.1) is 0 Å². The highest BCUT2D eigenvalue weighted by Gasteiger charge is 2.24. The maximum atomic E-state index is 13.6. The average molecular weight is 510 g/mol. The third-order valence-corrected chi connectivity index (χ3v) is 6.98. The van der Waals surface area contributed by atoms with E-state index in [4.69, 9.17) is 16.6 Å². The third kappa shape index (κ3) is 4.02. The van der Waals surface area contributed by atoms with E-state index in [1.165, 1.54) is 40.9 Å². The van der Waals surface area contributed by atoms with Crippen LogP contribution in [0.1, 0.15) is 11.3 Å². The van der Waals surface area contributed by atoms with Crippen molar-refractivity contribution in [3.8, 4) is 0 Å². The molecule has 10 nitrogen and oxygen atoms in total. The highest BCUT2D eigenvalue weighted by molar-refractivity contribution is 7.22. The second-order valence-electron chi connectivity index (χ2n) is 8.12. The van der Waals surface area contributed by atoms with Crippen molar-refractivity contribution in [2.75, 3.05) is 4.90 Å². The lowest BCUT2D eigenvalue weighted by Crippen LogP contribution is -2.38. The Balaban J connectivity index is 1.59. The van der Waals surface area contributed by atoms with Crippen LogP contribution in [0, 0.1) is 6.92 Å². The fourth-order valence-corrected chi connectivity index (χ4v) is 5.36. The molecule has 0 unspecified atom stereocenters. The summed E-state index contributed by atoms with van der Waals surface area (Å²) in [6, 6.07) is 9.13. The molecule has 0 saturated carbocycles. The van der Waals surface area contributed by atoms with Gasteiger partial charge in [0.25, 0.3) is 5.56 Å². The summed E-state index contributed by atoms with van der Waals surface area (Å²) in [5.41, 5.74) is 1.74. The smallest absolute Gasteiger partial charge is 0.315 e. The van der Waals surface area contributed by atoms with Crippen LogP contribution in [-0.4, -0.2) is 34.6 Å². The zero-order valence-electron chi connectivity index (χ0n) is 19.1. The number of anilines is 1. The Labute approximate surface area is 207 Å². The lowest BCUT2D eigenvalue weighted by molar-refractivity contribution is -0.119. The summed E-state index contributed by atoms with van der Waals surface area (Å²) in [5.74, 6) is -0.311. The van der Waals surface area contributed by atoms with Crippen LogP contribution in [0.15, 0.2) is 52.4 Å². The molecule has 0 fully saturated rings. The van der Waals surface area contributed by atoms with Crippen molar-refractivity contribution in [2.45, 2.75) is 20.0 Å². The fourth-order valence-electron chi connectivity index (χ4n) is 3.92. The standard InChI is InChI=1S/C23H20ClN7O3S/c1-13-8-14(24)9-16-18(13)27-22(35-16)31(10-15-6-4-5-7-25-15)17(32)11-30-12-26-20-19(30)21(33)29(3)23(34)28(20)2/h4-9,12H,10-11H2,1-3H3. The predicted molar refractivity (Wildman–Crippen MR) is 135 cm³/mol. The molecule has 4 aromatic heterocycles. The van der Waals surface area contributed by atoms with Gasteiger partial charge in [0.15, 0.2) is 16.3 Å². The first kappa shape index (κ1) is 22.9. The fraction of sp³-hybridized carbons (Fsp3) is 0.217. The van der Waals surface area contributed by atoms with Gasteiger partial charge in [-0.3, -0.25) is 28.6 Å². The van der Waals surface area contributed by atoms with Gasteiger partial charge in [0, 0.05) is 25.3 Å². The van der Waals surface area contributed by atoms with Gasteiger partial charge in [-0.2, -0.15) is 0 Å². The van der Waals surface area contributed by atoms with Crippen molar-refractivity contribution in [1.82, 2.24) is 28.7 Å². The van der Waals surface area contributed by atoms with E-state index >= 15 is 0 Å². The lowest BCUT2D eigenvalue weighted by atomic mass is 10.2. The summed E-state index contributed by atoms with van der Waals surface area (Å²) >= 11 is 7.58. The molecule has 1 aromatic carbocycles. The first-order valence-corrected chi connectivity index (χ1v) is 11.8. The summed E-state index contributed by atoms with van der Waals surface area (Å²) < 4.78 is 4.60. The number of aromatic nitrogens is 6. The Bertz CT molecular complexity index is 1720. The summed E-state index contributed by atoms with van der Waals surface area (Å²) in [6.45, 7) is 1.93. The molecule has 0 N–H and O–H groups in total. The molecule has 5 rings (SSSR count). The molecule has 0 spiro atoms. The molecule has 0 aliphatic rings. The molecule has 0 aliphatic heterocycles. The molecule has 0 radical (unpaired) electrons. The Morgan fingerprint density at radius 3 is 2.69 bits per heavy atom. The molecule has 178 valence electrons. The molecular weight excluding hydrogens is 490 g/mol. The van der Waals surface area contributed by atoms with E-state index in [-0.39, 0.29) is 30.2 Å². The Kier molecular flexibility index (Phi) is 5.73. The molecular formula is C23H20ClN7O3S. The SMILES string of the molecule is Cc1cc(Cl)cc2sc(N(Cc3ccccn3)C(=O)Cn3cnc4c3c(=O)n(C)c(=O)n4C)nc12. The summed E-state index contributed by atoms with van der Waals surface area (Å²) in [6.07, 6.45) is 3.05. The zero-order chi connectivity index (χ0) is 24.9. The van der Waals surface area contributed by atoms with E-state index in [0.717, 1.165) is 20.3 Å². The maximum absolute atomic E-state index is 13.6. The van der Waals surface area contributed by atoms with Gasteiger partial charge in [0.05, 0.1) is 28.8 Å². The molecule has 1 amide bonds. The van der Waals surface area contributed by atoms with Crippen LogP contribution in [0.4, 0.5) is 5.13 Å². The second kappa shape index (κ2) is 8.75. The highest BCUT2D eigenvalue weighted by Crippen LogP contribution is 2.33. The molecule has 5 aromatic rings. The number of imidazole rings is 1. The Morgan fingerprint density at radius 2 is 1.94 bits per heavy atom. The number of benzene rings is 1. The molecule has 12 heteroatoms. The van der Waals surface area contributed by atoms with Gasteiger partial charge in [-0.1, -0.05) is 29.0 Å². The number of hydrogen-bond donors (Lipinski definition) is 0. The van der Waals surface area contributed by atoms with Gasteiger partial charge in [-0.25, -0.2) is 14.8 Å². The van der Waals surface area contributed by atoms with Crippen LogP contribution in [-0.2, 0) is 32.0 Å². The van der Waals surface area contributed by atoms with Crippen molar-refractivity contribution < 1.29 is 4.79 Å². The van der Waals surface area contributed by atoms with Gasteiger partial charge >= 0.3 is 5.69 Å². The number of carbonyl (C=O) groups is 1. The monoisotopic (exact) mass is 509 g/mol. The summed E-state index contributed by atoms with van der Waals surface area (Å²) in [7, 11) is 2.93. The summed E-state index contributed by atoms with van der Waals surface area (Å²) in [5, 5.41) is 1.09. The Hall–Kier alpha value is -3.83. The number of halogens is 1. The minimum Gasteiger partial charge on any atom is -0.315 e. The van der Waals surface area contributed by atoms with Crippen molar-refractivity contribution in [3.63, 3.8) is 0 Å². The first-order chi connectivity index (χ1) is 16.7. The minimum atomic E-state index is -0.519. The third-order valence-electron chi connectivity index (χ3n) is 5.74. The molecule has 4 heterocycles. The quantitative estimate of drug-likeness (QED) is 0.360.